The normalized spacial score (nSPS) is 10.8. The van der Waals surface area contributed by atoms with E-state index in [1.54, 1.807) is 18.2 Å². The first-order valence-electron chi connectivity index (χ1n) is 6.60. The van der Waals surface area contributed by atoms with Gasteiger partial charge in [0.25, 0.3) is 5.56 Å². The molecular formula is C17H15NO3. The molecule has 2 N–H and O–H groups in total. The third-order valence-electron chi connectivity index (χ3n) is 3.54. The zero-order valence-corrected chi connectivity index (χ0v) is 11.8. The van der Waals surface area contributed by atoms with Crippen LogP contribution in [0.2, 0.25) is 0 Å². The van der Waals surface area contributed by atoms with Gasteiger partial charge >= 0.3 is 0 Å². The van der Waals surface area contributed by atoms with Crippen molar-refractivity contribution >= 4 is 10.8 Å². The Morgan fingerprint density at radius 1 is 1.05 bits per heavy atom. The Bertz CT molecular complexity index is 864. The molecule has 0 amide bonds. The molecule has 0 saturated heterocycles. The van der Waals surface area contributed by atoms with Gasteiger partial charge < -0.3 is 14.8 Å². The number of aryl methyl sites for hydroxylation is 1. The van der Waals surface area contributed by atoms with Crippen LogP contribution in [0.1, 0.15) is 5.56 Å². The van der Waals surface area contributed by atoms with Crippen molar-refractivity contribution in [2.45, 2.75) is 6.92 Å². The average molecular weight is 281 g/mol. The zero-order valence-electron chi connectivity index (χ0n) is 11.8. The first-order chi connectivity index (χ1) is 10.1. The van der Waals surface area contributed by atoms with Crippen LogP contribution in [-0.4, -0.2) is 17.2 Å². The molecule has 0 radical (unpaired) electrons. The van der Waals surface area contributed by atoms with Crippen molar-refractivity contribution in [1.82, 2.24) is 4.98 Å². The first-order valence-corrected chi connectivity index (χ1v) is 6.60. The molecule has 2 aromatic carbocycles. The standard InChI is InChI=1S/C17H15NO3/c1-10-3-5-11(6-4-10)15-16(19)13-8-7-12(21-2)9-14(13)17(20)18-15/h3-9,19H,1-2H3,(H,18,20). The maximum atomic E-state index is 12.2. The van der Waals surface area contributed by atoms with E-state index < -0.39 is 0 Å². The second-order valence-electron chi connectivity index (χ2n) is 4.96. The Balaban J connectivity index is 2.29. The molecule has 3 rings (SSSR count). The van der Waals surface area contributed by atoms with E-state index in [2.05, 4.69) is 4.98 Å². The van der Waals surface area contributed by atoms with Crippen LogP contribution in [0.3, 0.4) is 0 Å². The molecule has 0 aliphatic heterocycles. The fraction of sp³-hybridized carbons (Fsp3) is 0.118. The zero-order chi connectivity index (χ0) is 15.0. The van der Waals surface area contributed by atoms with Crippen LogP contribution in [0.15, 0.2) is 47.3 Å². The lowest BCUT2D eigenvalue weighted by atomic mass is 10.0. The van der Waals surface area contributed by atoms with E-state index in [9.17, 15) is 9.90 Å². The van der Waals surface area contributed by atoms with Gasteiger partial charge in [0.05, 0.1) is 18.2 Å². The van der Waals surface area contributed by atoms with Gasteiger partial charge in [0.1, 0.15) is 11.5 Å². The van der Waals surface area contributed by atoms with Gasteiger partial charge in [0, 0.05) is 10.9 Å². The van der Waals surface area contributed by atoms with Gasteiger partial charge in [0.2, 0.25) is 0 Å². The predicted octanol–water partition coefficient (Wildman–Crippen LogP) is 3.22. The molecule has 0 unspecified atom stereocenters. The average Bonchev–Trinajstić information content (AvgIpc) is 2.51. The number of benzene rings is 2. The maximum Gasteiger partial charge on any atom is 0.256 e. The lowest BCUT2D eigenvalue weighted by molar-refractivity contribution is 0.415. The minimum absolute atomic E-state index is 0.0658. The summed E-state index contributed by atoms with van der Waals surface area (Å²) in [5, 5.41) is 11.4. The highest BCUT2D eigenvalue weighted by atomic mass is 16.5. The van der Waals surface area contributed by atoms with E-state index in [1.165, 1.54) is 7.11 Å². The second kappa shape index (κ2) is 4.98. The van der Waals surface area contributed by atoms with Gasteiger partial charge in [-0.2, -0.15) is 0 Å². The number of H-pyrrole nitrogens is 1. The molecule has 1 heterocycles. The van der Waals surface area contributed by atoms with Crippen molar-refractivity contribution in [3.8, 4) is 22.8 Å². The molecular weight excluding hydrogens is 266 g/mol. The first kappa shape index (κ1) is 13.2. The Morgan fingerprint density at radius 2 is 1.76 bits per heavy atom. The quantitative estimate of drug-likeness (QED) is 0.758. The molecule has 0 aliphatic rings. The SMILES string of the molecule is COc1ccc2c(O)c(-c3ccc(C)cc3)[nH]c(=O)c2c1. The fourth-order valence-electron chi connectivity index (χ4n) is 2.35. The monoisotopic (exact) mass is 281 g/mol. The molecule has 3 aromatic rings. The van der Waals surface area contributed by atoms with Gasteiger partial charge in [-0.05, 0) is 25.1 Å². The van der Waals surface area contributed by atoms with Crippen molar-refractivity contribution in [2.75, 3.05) is 7.11 Å². The summed E-state index contributed by atoms with van der Waals surface area (Å²) in [5.41, 5.74) is 2.06. The highest BCUT2D eigenvalue weighted by molar-refractivity contribution is 5.93. The number of aromatic nitrogens is 1. The van der Waals surface area contributed by atoms with Crippen LogP contribution < -0.4 is 10.3 Å². The number of fused-ring (bicyclic) bond motifs is 1. The summed E-state index contributed by atoms with van der Waals surface area (Å²) in [7, 11) is 1.54. The summed E-state index contributed by atoms with van der Waals surface area (Å²) in [4.78, 5) is 15.0. The second-order valence-corrected chi connectivity index (χ2v) is 4.96. The number of aromatic amines is 1. The molecule has 106 valence electrons. The van der Waals surface area contributed by atoms with Crippen LogP contribution in [0, 0.1) is 6.92 Å². The topological polar surface area (TPSA) is 62.3 Å². The molecule has 4 nitrogen and oxygen atoms in total. The van der Waals surface area contributed by atoms with Gasteiger partial charge in [-0.1, -0.05) is 29.8 Å². The lowest BCUT2D eigenvalue weighted by Gasteiger charge is -2.09. The molecule has 0 bridgehead atoms. The molecule has 0 fully saturated rings. The highest BCUT2D eigenvalue weighted by Gasteiger charge is 2.12. The van der Waals surface area contributed by atoms with Crippen LogP contribution in [0.25, 0.3) is 22.0 Å². The van der Waals surface area contributed by atoms with Crippen LogP contribution in [0.5, 0.6) is 11.5 Å². The molecule has 0 saturated carbocycles. The van der Waals surface area contributed by atoms with E-state index >= 15 is 0 Å². The highest BCUT2D eigenvalue weighted by Crippen LogP contribution is 2.33. The minimum atomic E-state index is -0.253. The number of ether oxygens (including phenoxy) is 1. The van der Waals surface area contributed by atoms with E-state index in [0.29, 0.717) is 22.2 Å². The fourth-order valence-corrected chi connectivity index (χ4v) is 2.35. The summed E-state index contributed by atoms with van der Waals surface area (Å²) in [6.07, 6.45) is 0. The van der Waals surface area contributed by atoms with E-state index in [1.807, 2.05) is 31.2 Å². The van der Waals surface area contributed by atoms with Crippen LogP contribution in [0.4, 0.5) is 0 Å². The molecule has 0 atom stereocenters. The van der Waals surface area contributed by atoms with Crippen molar-refractivity contribution in [3.05, 3.63) is 58.4 Å². The van der Waals surface area contributed by atoms with Gasteiger partial charge in [-0.15, -0.1) is 0 Å². The molecule has 0 aliphatic carbocycles. The Kier molecular flexibility index (Phi) is 3.14. The van der Waals surface area contributed by atoms with Crippen molar-refractivity contribution in [3.63, 3.8) is 0 Å². The number of aromatic hydroxyl groups is 1. The summed E-state index contributed by atoms with van der Waals surface area (Å²) in [5.74, 6) is 0.645. The molecule has 4 heteroatoms. The van der Waals surface area contributed by atoms with Gasteiger partial charge in [0.15, 0.2) is 0 Å². The summed E-state index contributed by atoms with van der Waals surface area (Å²) < 4.78 is 5.11. The predicted molar refractivity (Wildman–Crippen MR) is 83.0 cm³/mol. The number of nitrogens with one attached hydrogen (secondary N) is 1. The number of methoxy groups -OCH3 is 1. The van der Waals surface area contributed by atoms with Gasteiger partial charge in [-0.3, -0.25) is 4.79 Å². The third-order valence-corrected chi connectivity index (χ3v) is 3.54. The van der Waals surface area contributed by atoms with Crippen LogP contribution >= 0.6 is 0 Å². The number of rotatable bonds is 2. The Hall–Kier alpha value is -2.75. The van der Waals surface area contributed by atoms with Crippen LogP contribution in [-0.2, 0) is 0 Å². The molecule has 0 spiro atoms. The Morgan fingerprint density at radius 3 is 2.43 bits per heavy atom. The Labute approximate surface area is 121 Å². The lowest BCUT2D eigenvalue weighted by Crippen LogP contribution is -2.08. The van der Waals surface area contributed by atoms with Crippen molar-refractivity contribution in [2.24, 2.45) is 0 Å². The van der Waals surface area contributed by atoms with Crippen molar-refractivity contribution in [1.29, 1.82) is 0 Å². The number of pyridine rings is 1. The third kappa shape index (κ3) is 2.25. The summed E-state index contributed by atoms with van der Waals surface area (Å²) in [6, 6.07) is 12.6. The van der Waals surface area contributed by atoms with E-state index in [-0.39, 0.29) is 11.3 Å². The molecule has 1 aromatic heterocycles. The minimum Gasteiger partial charge on any atom is -0.505 e. The van der Waals surface area contributed by atoms with Gasteiger partial charge in [-0.25, -0.2) is 0 Å². The maximum absolute atomic E-state index is 12.2. The summed E-state index contributed by atoms with van der Waals surface area (Å²) >= 11 is 0. The van der Waals surface area contributed by atoms with E-state index in [4.69, 9.17) is 4.74 Å². The molecule has 21 heavy (non-hydrogen) atoms. The largest absolute Gasteiger partial charge is 0.505 e. The smallest absolute Gasteiger partial charge is 0.256 e. The summed E-state index contributed by atoms with van der Waals surface area (Å²) in [6.45, 7) is 1.99. The van der Waals surface area contributed by atoms with E-state index in [0.717, 1.165) is 11.1 Å². The van der Waals surface area contributed by atoms with Crippen molar-refractivity contribution < 1.29 is 9.84 Å². The number of hydrogen-bond donors (Lipinski definition) is 2. The number of hydrogen-bond acceptors (Lipinski definition) is 3.